The predicted octanol–water partition coefficient (Wildman–Crippen LogP) is 3.69. The fraction of sp³-hybridized carbons (Fsp3) is 0.444. The van der Waals surface area contributed by atoms with E-state index in [1.54, 1.807) is 0 Å². The van der Waals surface area contributed by atoms with Crippen LogP contribution in [0.4, 0.5) is 0 Å². The molecule has 1 N–H and O–H groups in total. The van der Waals surface area contributed by atoms with Crippen molar-refractivity contribution in [1.82, 2.24) is 10.2 Å². The molecule has 3 heteroatoms. The summed E-state index contributed by atoms with van der Waals surface area (Å²) < 4.78 is 0. The number of benzene rings is 2. The molecular formula is C18H25ClN2. The number of piperidine rings is 1. The summed E-state index contributed by atoms with van der Waals surface area (Å²) in [5.41, 5.74) is 1.47. The number of halogens is 1. The van der Waals surface area contributed by atoms with Crippen LogP contribution in [0.5, 0.6) is 0 Å². The van der Waals surface area contributed by atoms with Gasteiger partial charge in [-0.3, -0.25) is 4.90 Å². The van der Waals surface area contributed by atoms with Crippen LogP contribution >= 0.6 is 12.4 Å². The molecule has 0 aliphatic carbocycles. The molecule has 114 valence electrons. The van der Waals surface area contributed by atoms with Crippen LogP contribution in [0.1, 0.15) is 18.4 Å². The first-order valence-electron chi connectivity index (χ1n) is 7.70. The molecule has 1 fully saturated rings. The third kappa shape index (κ3) is 3.97. The molecule has 1 aliphatic heterocycles. The highest BCUT2D eigenvalue weighted by Crippen LogP contribution is 2.23. The molecule has 0 spiro atoms. The molecule has 2 aromatic carbocycles. The van der Waals surface area contributed by atoms with Crippen molar-refractivity contribution in [3.8, 4) is 0 Å². The molecule has 1 heterocycles. The van der Waals surface area contributed by atoms with Gasteiger partial charge in [0.1, 0.15) is 0 Å². The first-order chi connectivity index (χ1) is 9.86. The molecule has 2 aromatic rings. The fourth-order valence-electron chi connectivity index (χ4n) is 3.42. The highest BCUT2D eigenvalue weighted by atomic mass is 35.5. The predicted molar refractivity (Wildman–Crippen MR) is 93.1 cm³/mol. The summed E-state index contributed by atoms with van der Waals surface area (Å²) in [6, 6.07) is 15.4. The van der Waals surface area contributed by atoms with E-state index in [-0.39, 0.29) is 12.4 Å². The fourth-order valence-corrected chi connectivity index (χ4v) is 3.42. The van der Waals surface area contributed by atoms with Gasteiger partial charge in [0.25, 0.3) is 0 Å². The summed E-state index contributed by atoms with van der Waals surface area (Å²) in [4.78, 5) is 2.62. The van der Waals surface area contributed by atoms with E-state index in [2.05, 4.69) is 59.7 Å². The molecule has 2 nitrogen and oxygen atoms in total. The molecule has 0 amide bonds. The van der Waals surface area contributed by atoms with E-state index in [0.717, 1.165) is 19.0 Å². The van der Waals surface area contributed by atoms with Gasteiger partial charge < -0.3 is 5.32 Å². The standard InChI is InChI=1S/C18H24N2.ClH/c1-19-12-15-6-5-11-20(13-15)14-17-9-4-8-16-7-2-3-10-18(16)17;/h2-4,7-10,15,19H,5-6,11-14H2,1H3;1H. The average molecular weight is 305 g/mol. The second kappa shape index (κ2) is 7.79. The summed E-state index contributed by atoms with van der Waals surface area (Å²) in [5.74, 6) is 0.809. The molecule has 0 bridgehead atoms. The minimum Gasteiger partial charge on any atom is -0.319 e. The lowest BCUT2D eigenvalue weighted by atomic mass is 9.97. The van der Waals surface area contributed by atoms with Gasteiger partial charge in [-0.05, 0) is 55.2 Å². The normalized spacial score (nSPS) is 19.4. The minimum atomic E-state index is 0. The summed E-state index contributed by atoms with van der Waals surface area (Å²) in [6.07, 6.45) is 2.70. The van der Waals surface area contributed by atoms with Crippen LogP contribution in [0.25, 0.3) is 10.8 Å². The lowest BCUT2D eigenvalue weighted by Crippen LogP contribution is -2.38. The Balaban J connectivity index is 0.00000161. The zero-order valence-corrected chi connectivity index (χ0v) is 13.5. The van der Waals surface area contributed by atoms with Gasteiger partial charge in [0, 0.05) is 13.1 Å². The van der Waals surface area contributed by atoms with Crippen molar-refractivity contribution < 1.29 is 0 Å². The van der Waals surface area contributed by atoms with Crippen LogP contribution in [-0.2, 0) is 6.54 Å². The van der Waals surface area contributed by atoms with Crippen LogP contribution in [0.3, 0.4) is 0 Å². The van der Waals surface area contributed by atoms with E-state index >= 15 is 0 Å². The number of nitrogens with one attached hydrogen (secondary N) is 1. The maximum absolute atomic E-state index is 3.32. The van der Waals surface area contributed by atoms with Crippen molar-refractivity contribution in [2.45, 2.75) is 19.4 Å². The Morgan fingerprint density at radius 1 is 1.14 bits per heavy atom. The van der Waals surface area contributed by atoms with E-state index in [1.165, 1.54) is 42.3 Å². The molecular weight excluding hydrogens is 280 g/mol. The number of nitrogens with zero attached hydrogens (tertiary/aromatic N) is 1. The zero-order valence-electron chi connectivity index (χ0n) is 12.7. The van der Waals surface area contributed by atoms with Crippen molar-refractivity contribution in [2.24, 2.45) is 5.92 Å². The van der Waals surface area contributed by atoms with Crippen molar-refractivity contribution in [1.29, 1.82) is 0 Å². The zero-order chi connectivity index (χ0) is 13.8. The van der Waals surface area contributed by atoms with Gasteiger partial charge in [-0.15, -0.1) is 12.4 Å². The second-order valence-corrected chi connectivity index (χ2v) is 5.94. The van der Waals surface area contributed by atoms with Crippen molar-refractivity contribution in [3.05, 3.63) is 48.0 Å². The van der Waals surface area contributed by atoms with E-state index in [9.17, 15) is 0 Å². The lowest BCUT2D eigenvalue weighted by molar-refractivity contribution is 0.167. The number of hydrogen-bond donors (Lipinski definition) is 1. The maximum Gasteiger partial charge on any atom is 0.0240 e. The molecule has 0 saturated carbocycles. The minimum absolute atomic E-state index is 0. The second-order valence-electron chi connectivity index (χ2n) is 5.94. The third-order valence-corrected chi connectivity index (χ3v) is 4.37. The number of hydrogen-bond acceptors (Lipinski definition) is 2. The Labute approximate surface area is 133 Å². The molecule has 1 saturated heterocycles. The largest absolute Gasteiger partial charge is 0.319 e. The van der Waals surface area contributed by atoms with E-state index in [0.29, 0.717) is 0 Å². The van der Waals surface area contributed by atoms with Gasteiger partial charge in [0.05, 0.1) is 0 Å². The summed E-state index contributed by atoms with van der Waals surface area (Å²) in [5, 5.41) is 6.09. The Kier molecular flexibility index (Phi) is 6.04. The van der Waals surface area contributed by atoms with Gasteiger partial charge in [-0.1, -0.05) is 42.5 Å². The van der Waals surface area contributed by atoms with Crippen LogP contribution in [0.2, 0.25) is 0 Å². The first kappa shape index (κ1) is 16.3. The molecule has 1 aliphatic rings. The number of likely N-dealkylation sites (tertiary alicyclic amines) is 1. The highest BCUT2D eigenvalue weighted by molar-refractivity contribution is 5.85. The Bertz CT molecular complexity index is 563. The lowest BCUT2D eigenvalue weighted by Gasteiger charge is -2.33. The summed E-state index contributed by atoms with van der Waals surface area (Å²) in [6.45, 7) is 4.70. The summed E-state index contributed by atoms with van der Waals surface area (Å²) in [7, 11) is 2.06. The topological polar surface area (TPSA) is 15.3 Å². The first-order valence-corrected chi connectivity index (χ1v) is 7.70. The van der Waals surface area contributed by atoms with Crippen LogP contribution in [-0.4, -0.2) is 31.6 Å². The van der Waals surface area contributed by atoms with Gasteiger partial charge in [0.2, 0.25) is 0 Å². The van der Waals surface area contributed by atoms with E-state index in [4.69, 9.17) is 0 Å². The van der Waals surface area contributed by atoms with Gasteiger partial charge >= 0.3 is 0 Å². The molecule has 3 rings (SSSR count). The van der Waals surface area contributed by atoms with Crippen molar-refractivity contribution in [2.75, 3.05) is 26.7 Å². The highest BCUT2D eigenvalue weighted by Gasteiger charge is 2.19. The number of fused-ring (bicyclic) bond motifs is 1. The molecule has 0 radical (unpaired) electrons. The van der Waals surface area contributed by atoms with Gasteiger partial charge in [-0.25, -0.2) is 0 Å². The van der Waals surface area contributed by atoms with Crippen LogP contribution in [0.15, 0.2) is 42.5 Å². The summed E-state index contributed by atoms with van der Waals surface area (Å²) >= 11 is 0. The van der Waals surface area contributed by atoms with Crippen LogP contribution < -0.4 is 5.32 Å². The molecule has 1 atom stereocenters. The smallest absolute Gasteiger partial charge is 0.0240 e. The third-order valence-electron chi connectivity index (χ3n) is 4.37. The van der Waals surface area contributed by atoms with Gasteiger partial charge in [-0.2, -0.15) is 0 Å². The molecule has 1 unspecified atom stereocenters. The number of rotatable bonds is 4. The Morgan fingerprint density at radius 2 is 1.95 bits per heavy atom. The van der Waals surface area contributed by atoms with Gasteiger partial charge in [0.15, 0.2) is 0 Å². The molecule has 0 aromatic heterocycles. The van der Waals surface area contributed by atoms with Crippen molar-refractivity contribution in [3.63, 3.8) is 0 Å². The average Bonchev–Trinajstić information content (AvgIpc) is 2.48. The van der Waals surface area contributed by atoms with Crippen molar-refractivity contribution >= 4 is 23.2 Å². The van der Waals surface area contributed by atoms with Crippen LogP contribution in [0, 0.1) is 5.92 Å². The SMILES string of the molecule is CNCC1CCCN(Cc2cccc3ccccc23)C1.Cl. The Morgan fingerprint density at radius 3 is 2.81 bits per heavy atom. The monoisotopic (exact) mass is 304 g/mol. The van der Waals surface area contributed by atoms with E-state index < -0.39 is 0 Å². The Hall–Kier alpha value is -1.09. The maximum atomic E-state index is 3.32. The van der Waals surface area contributed by atoms with E-state index in [1.807, 2.05) is 0 Å². The quantitative estimate of drug-likeness (QED) is 0.926. The molecule has 21 heavy (non-hydrogen) atoms.